The van der Waals surface area contributed by atoms with E-state index in [1.54, 1.807) is 19.1 Å². The number of benzene rings is 1. The molecule has 1 aromatic carbocycles. The van der Waals surface area contributed by atoms with E-state index in [4.69, 9.17) is 10.5 Å². The second kappa shape index (κ2) is 5.71. The molecule has 0 bridgehead atoms. The van der Waals surface area contributed by atoms with Gasteiger partial charge in [0.05, 0.1) is 6.61 Å². The Morgan fingerprint density at radius 3 is 2.67 bits per heavy atom. The Labute approximate surface area is 89.2 Å². The van der Waals surface area contributed by atoms with Crippen molar-refractivity contribution in [3.05, 3.63) is 29.8 Å². The van der Waals surface area contributed by atoms with Gasteiger partial charge in [-0.3, -0.25) is 4.79 Å². The number of anilines is 1. The molecule has 0 saturated carbocycles. The maximum absolute atomic E-state index is 10.9. The Hall–Kier alpha value is -1.95. The standard InChI is InChI=1S/C12H13NO2/c1-2-15-12(14)5-3-4-10-6-8-11(13)9-7-10/h6-9H,2,5,13H2,1H3. The van der Waals surface area contributed by atoms with Crippen molar-refractivity contribution in [3.63, 3.8) is 0 Å². The first-order valence-corrected chi connectivity index (χ1v) is 4.72. The Morgan fingerprint density at radius 1 is 1.40 bits per heavy atom. The van der Waals surface area contributed by atoms with Crippen LogP contribution in [-0.2, 0) is 9.53 Å². The lowest BCUT2D eigenvalue weighted by atomic mass is 10.2. The zero-order valence-electron chi connectivity index (χ0n) is 8.62. The Kier molecular flexibility index (Phi) is 4.24. The van der Waals surface area contributed by atoms with Gasteiger partial charge in [0, 0.05) is 11.3 Å². The molecule has 0 amide bonds. The van der Waals surface area contributed by atoms with Gasteiger partial charge in [0.15, 0.2) is 0 Å². The highest BCUT2D eigenvalue weighted by Crippen LogP contribution is 2.03. The molecule has 1 rings (SSSR count). The summed E-state index contributed by atoms with van der Waals surface area (Å²) in [5.74, 6) is 5.30. The van der Waals surface area contributed by atoms with Gasteiger partial charge in [-0.05, 0) is 31.2 Å². The van der Waals surface area contributed by atoms with Crippen LogP contribution in [0.4, 0.5) is 5.69 Å². The van der Waals surface area contributed by atoms with Crippen molar-refractivity contribution in [2.45, 2.75) is 13.3 Å². The van der Waals surface area contributed by atoms with Crippen LogP contribution in [-0.4, -0.2) is 12.6 Å². The van der Waals surface area contributed by atoms with Crippen LogP contribution in [0.2, 0.25) is 0 Å². The summed E-state index contributed by atoms with van der Waals surface area (Å²) in [6.07, 6.45) is 0.123. The number of carbonyl (C=O) groups is 1. The van der Waals surface area contributed by atoms with Gasteiger partial charge in [0.2, 0.25) is 0 Å². The number of carbonyl (C=O) groups excluding carboxylic acids is 1. The lowest BCUT2D eigenvalue weighted by Gasteiger charge is -1.95. The van der Waals surface area contributed by atoms with E-state index in [-0.39, 0.29) is 12.4 Å². The van der Waals surface area contributed by atoms with Crippen LogP contribution in [0.25, 0.3) is 0 Å². The minimum Gasteiger partial charge on any atom is -0.465 e. The van der Waals surface area contributed by atoms with Gasteiger partial charge in [-0.1, -0.05) is 11.8 Å². The van der Waals surface area contributed by atoms with Gasteiger partial charge in [-0.15, -0.1) is 0 Å². The highest BCUT2D eigenvalue weighted by Gasteiger charge is 1.95. The van der Waals surface area contributed by atoms with Crippen molar-refractivity contribution < 1.29 is 9.53 Å². The highest BCUT2D eigenvalue weighted by atomic mass is 16.5. The maximum Gasteiger partial charge on any atom is 0.317 e. The molecule has 0 saturated heterocycles. The number of ether oxygens (including phenoxy) is 1. The summed E-state index contributed by atoms with van der Waals surface area (Å²) >= 11 is 0. The smallest absolute Gasteiger partial charge is 0.317 e. The number of hydrogen-bond acceptors (Lipinski definition) is 3. The predicted octanol–water partition coefficient (Wildman–Crippen LogP) is 1.57. The minimum atomic E-state index is -0.291. The molecule has 3 nitrogen and oxygen atoms in total. The van der Waals surface area contributed by atoms with Gasteiger partial charge in [0.1, 0.15) is 6.42 Å². The second-order valence-electron chi connectivity index (χ2n) is 2.91. The second-order valence-corrected chi connectivity index (χ2v) is 2.91. The fraction of sp³-hybridized carbons (Fsp3) is 0.250. The van der Waals surface area contributed by atoms with E-state index in [1.807, 2.05) is 12.1 Å². The van der Waals surface area contributed by atoms with Gasteiger partial charge < -0.3 is 10.5 Å². The fourth-order valence-corrected chi connectivity index (χ4v) is 0.997. The van der Waals surface area contributed by atoms with Crippen LogP contribution < -0.4 is 5.73 Å². The minimum absolute atomic E-state index is 0.123. The van der Waals surface area contributed by atoms with Crippen molar-refractivity contribution in [2.24, 2.45) is 0 Å². The van der Waals surface area contributed by atoms with Crippen LogP contribution in [0.15, 0.2) is 24.3 Å². The number of esters is 1. The van der Waals surface area contributed by atoms with Crippen molar-refractivity contribution in [1.29, 1.82) is 0 Å². The number of rotatable bonds is 2. The first-order chi connectivity index (χ1) is 7.22. The van der Waals surface area contributed by atoms with E-state index in [9.17, 15) is 4.79 Å². The van der Waals surface area contributed by atoms with E-state index in [0.717, 1.165) is 5.56 Å². The molecule has 0 atom stereocenters. The Bertz CT molecular complexity index is 384. The van der Waals surface area contributed by atoms with E-state index < -0.39 is 0 Å². The molecule has 0 aliphatic carbocycles. The topological polar surface area (TPSA) is 52.3 Å². The number of hydrogen-bond donors (Lipinski definition) is 1. The molecule has 1 aromatic rings. The molecule has 0 aliphatic heterocycles. The normalized spacial score (nSPS) is 8.87. The predicted molar refractivity (Wildman–Crippen MR) is 59.0 cm³/mol. The van der Waals surface area contributed by atoms with Crippen molar-refractivity contribution in [2.75, 3.05) is 12.3 Å². The summed E-state index contributed by atoms with van der Waals surface area (Å²) in [5, 5.41) is 0. The van der Waals surface area contributed by atoms with Gasteiger partial charge >= 0.3 is 5.97 Å². The molecule has 0 spiro atoms. The lowest BCUT2D eigenvalue weighted by molar-refractivity contribution is -0.141. The zero-order valence-corrected chi connectivity index (χ0v) is 8.62. The van der Waals surface area contributed by atoms with Crippen LogP contribution in [0.5, 0.6) is 0 Å². The molecule has 0 unspecified atom stereocenters. The maximum atomic E-state index is 10.9. The van der Waals surface area contributed by atoms with Crippen LogP contribution in [0, 0.1) is 11.8 Å². The summed E-state index contributed by atoms with van der Waals surface area (Å²) in [4.78, 5) is 10.9. The fourth-order valence-electron chi connectivity index (χ4n) is 0.997. The van der Waals surface area contributed by atoms with Gasteiger partial charge in [-0.2, -0.15) is 0 Å². The Morgan fingerprint density at radius 2 is 2.07 bits per heavy atom. The Balaban J connectivity index is 2.51. The average molecular weight is 203 g/mol. The molecule has 0 aromatic heterocycles. The monoisotopic (exact) mass is 203 g/mol. The molecular formula is C12H13NO2. The molecule has 3 heteroatoms. The van der Waals surface area contributed by atoms with Gasteiger partial charge in [-0.25, -0.2) is 0 Å². The van der Waals surface area contributed by atoms with Crippen molar-refractivity contribution in [3.8, 4) is 11.8 Å². The van der Waals surface area contributed by atoms with E-state index in [2.05, 4.69) is 11.8 Å². The molecule has 78 valence electrons. The summed E-state index contributed by atoms with van der Waals surface area (Å²) in [5.41, 5.74) is 7.06. The lowest BCUT2D eigenvalue weighted by Crippen LogP contribution is -2.01. The summed E-state index contributed by atoms with van der Waals surface area (Å²) < 4.78 is 4.74. The third-order valence-electron chi connectivity index (χ3n) is 1.68. The van der Waals surface area contributed by atoms with E-state index in [0.29, 0.717) is 12.3 Å². The molecule has 0 aliphatic rings. The summed E-state index contributed by atoms with van der Waals surface area (Å²) in [6.45, 7) is 2.16. The third kappa shape index (κ3) is 4.19. The molecular weight excluding hydrogens is 190 g/mol. The average Bonchev–Trinajstić information content (AvgIpc) is 2.21. The van der Waals surface area contributed by atoms with E-state index in [1.165, 1.54) is 0 Å². The van der Waals surface area contributed by atoms with Crippen molar-refractivity contribution in [1.82, 2.24) is 0 Å². The highest BCUT2D eigenvalue weighted by molar-refractivity contribution is 5.72. The molecule has 0 heterocycles. The van der Waals surface area contributed by atoms with Crippen LogP contribution in [0.3, 0.4) is 0 Å². The SMILES string of the molecule is CCOC(=O)CC#Cc1ccc(N)cc1. The molecule has 0 fully saturated rings. The first-order valence-electron chi connectivity index (χ1n) is 4.72. The van der Waals surface area contributed by atoms with Gasteiger partial charge in [0.25, 0.3) is 0 Å². The first kappa shape index (κ1) is 11.1. The van der Waals surface area contributed by atoms with Crippen molar-refractivity contribution >= 4 is 11.7 Å². The molecule has 15 heavy (non-hydrogen) atoms. The summed E-state index contributed by atoms with van der Waals surface area (Å²) in [6, 6.07) is 7.17. The number of nitrogen functional groups attached to an aromatic ring is 1. The quantitative estimate of drug-likeness (QED) is 0.451. The molecule has 2 N–H and O–H groups in total. The van der Waals surface area contributed by atoms with Crippen LogP contribution in [0.1, 0.15) is 18.9 Å². The number of nitrogens with two attached hydrogens (primary N) is 1. The van der Waals surface area contributed by atoms with E-state index >= 15 is 0 Å². The third-order valence-corrected chi connectivity index (χ3v) is 1.68. The van der Waals surface area contributed by atoms with Crippen LogP contribution >= 0.6 is 0 Å². The largest absolute Gasteiger partial charge is 0.465 e. The summed E-state index contributed by atoms with van der Waals surface area (Å²) in [7, 11) is 0. The molecule has 0 radical (unpaired) electrons. The zero-order chi connectivity index (χ0) is 11.1.